The molecule has 5 nitrogen and oxygen atoms in total. The normalized spacial score (nSPS) is 16.1. The predicted octanol–water partition coefficient (Wildman–Crippen LogP) is 4.58. The fourth-order valence-corrected chi connectivity index (χ4v) is 3.92. The highest BCUT2D eigenvalue weighted by Gasteiger charge is 2.22. The van der Waals surface area contributed by atoms with Crippen LogP contribution in [-0.2, 0) is 4.79 Å². The standard InChI is InChI=1S/C23H21ClFN3O2/c24-21-9-8-17(12-18(21)23(30)28-10-2-1-3-11-28)27-22(29)20-14-26-13-19(20)15-4-6-16(25)7-5-15/h4-9,12,14H,1-3,10-11,13H2,(H,27,29). The van der Waals surface area contributed by atoms with E-state index in [4.69, 9.17) is 11.6 Å². The highest BCUT2D eigenvalue weighted by atomic mass is 35.5. The third-order valence-electron chi connectivity index (χ3n) is 5.33. The lowest BCUT2D eigenvalue weighted by Crippen LogP contribution is -2.35. The van der Waals surface area contributed by atoms with Crippen molar-refractivity contribution in [2.45, 2.75) is 19.3 Å². The van der Waals surface area contributed by atoms with Crippen molar-refractivity contribution in [1.29, 1.82) is 0 Å². The number of piperidine rings is 1. The Labute approximate surface area is 179 Å². The molecule has 30 heavy (non-hydrogen) atoms. The van der Waals surface area contributed by atoms with Crippen LogP contribution in [0.4, 0.5) is 10.1 Å². The molecule has 2 heterocycles. The molecule has 0 aromatic heterocycles. The van der Waals surface area contributed by atoms with Crippen LogP contribution in [0.5, 0.6) is 0 Å². The number of hydrogen-bond donors (Lipinski definition) is 1. The lowest BCUT2D eigenvalue weighted by atomic mass is 10.0. The van der Waals surface area contributed by atoms with Gasteiger partial charge in [0.25, 0.3) is 11.8 Å². The van der Waals surface area contributed by atoms with Gasteiger partial charge in [0.05, 0.1) is 22.7 Å². The van der Waals surface area contributed by atoms with Crippen LogP contribution in [0, 0.1) is 5.82 Å². The molecule has 0 saturated carbocycles. The average Bonchev–Trinajstić information content (AvgIpc) is 3.26. The second-order valence-electron chi connectivity index (χ2n) is 7.37. The summed E-state index contributed by atoms with van der Waals surface area (Å²) in [5.41, 5.74) is 2.75. The molecule has 2 aliphatic heterocycles. The van der Waals surface area contributed by atoms with E-state index in [1.165, 1.54) is 18.3 Å². The average molecular weight is 426 g/mol. The highest BCUT2D eigenvalue weighted by molar-refractivity contribution is 6.34. The van der Waals surface area contributed by atoms with Gasteiger partial charge < -0.3 is 10.2 Å². The Morgan fingerprint density at radius 1 is 1.03 bits per heavy atom. The number of aliphatic imine (C=N–C) groups is 1. The zero-order valence-corrected chi connectivity index (χ0v) is 17.1. The van der Waals surface area contributed by atoms with Gasteiger partial charge >= 0.3 is 0 Å². The zero-order valence-electron chi connectivity index (χ0n) is 16.3. The number of hydrogen-bond acceptors (Lipinski definition) is 3. The third kappa shape index (κ3) is 4.28. The van der Waals surface area contributed by atoms with Crippen LogP contribution >= 0.6 is 11.6 Å². The van der Waals surface area contributed by atoms with Gasteiger partial charge in [-0.2, -0.15) is 0 Å². The quantitative estimate of drug-likeness (QED) is 0.779. The summed E-state index contributed by atoms with van der Waals surface area (Å²) in [6.07, 6.45) is 4.61. The van der Waals surface area contributed by atoms with Gasteiger partial charge in [-0.1, -0.05) is 23.7 Å². The smallest absolute Gasteiger partial charge is 0.257 e. The number of likely N-dealkylation sites (tertiary alicyclic amines) is 1. The van der Waals surface area contributed by atoms with Gasteiger partial charge in [-0.3, -0.25) is 14.6 Å². The Bertz CT molecular complexity index is 1040. The summed E-state index contributed by atoms with van der Waals surface area (Å²) < 4.78 is 13.2. The van der Waals surface area contributed by atoms with Crippen molar-refractivity contribution in [3.05, 3.63) is 70.0 Å². The van der Waals surface area contributed by atoms with Crippen LogP contribution in [0.2, 0.25) is 5.02 Å². The topological polar surface area (TPSA) is 61.8 Å². The minimum absolute atomic E-state index is 0.121. The minimum atomic E-state index is -0.339. The zero-order chi connectivity index (χ0) is 21.1. The molecule has 0 unspecified atom stereocenters. The van der Waals surface area contributed by atoms with E-state index in [-0.39, 0.29) is 17.6 Å². The Kier molecular flexibility index (Phi) is 5.95. The van der Waals surface area contributed by atoms with Crippen LogP contribution in [0.1, 0.15) is 35.2 Å². The molecule has 1 N–H and O–H groups in total. The third-order valence-corrected chi connectivity index (χ3v) is 5.66. The molecule has 0 radical (unpaired) electrons. The van der Waals surface area contributed by atoms with Crippen molar-refractivity contribution in [3.63, 3.8) is 0 Å². The molecule has 0 aliphatic carbocycles. The number of nitrogens with one attached hydrogen (secondary N) is 1. The molecule has 1 saturated heterocycles. The molecule has 2 aromatic carbocycles. The van der Waals surface area contributed by atoms with Crippen molar-refractivity contribution in [3.8, 4) is 0 Å². The molecular formula is C23H21ClFN3O2. The van der Waals surface area contributed by atoms with Gasteiger partial charge in [0.1, 0.15) is 5.82 Å². The van der Waals surface area contributed by atoms with E-state index < -0.39 is 0 Å². The Morgan fingerprint density at radius 2 is 1.77 bits per heavy atom. The summed E-state index contributed by atoms with van der Waals surface area (Å²) in [7, 11) is 0. The first-order valence-corrected chi connectivity index (χ1v) is 10.3. The second kappa shape index (κ2) is 8.79. The summed E-state index contributed by atoms with van der Waals surface area (Å²) in [5.74, 6) is -0.796. The summed E-state index contributed by atoms with van der Waals surface area (Å²) in [4.78, 5) is 31.7. The molecule has 2 aliphatic rings. The number of benzene rings is 2. The second-order valence-corrected chi connectivity index (χ2v) is 7.78. The first kappa shape index (κ1) is 20.3. The van der Waals surface area contributed by atoms with Crippen LogP contribution in [0.3, 0.4) is 0 Å². The Morgan fingerprint density at radius 3 is 2.50 bits per heavy atom. The SMILES string of the molecule is O=C(Nc1ccc(Cl)c(C(=O)N2CCCCC2)c1)C1=C(c2ccc(F)cc2)CN=C1. The van der Waals surface area contributed by atoms with Crippen molar-refractivity contribution in [2.24, 2.45) is 4.99 Å². The molecule has 0 bridgehead atoms. The van der Waals surface area contributed by atoms with Gasteiger partial charge in [-0.25, -0.2) is 4.39 Å². The van der Waals surface area contributed by atoms with Gasteiger partial charge in [0.15, 0.2) is 0 Å². The minimum Gasteiger partial charge on any atom is -0.339 e. The summed E-state index contributed by atoms with van der Waals surface area (Å²) >= 11 is 6.27. The summed E-state index contributed by atoms with van der Waals surface area (Å²) in [6, 6.07) is 10.9. The molecule has 4 rings (SSSR count). The number of carbonyl (C=O) groups is 2. The fourth-order valence-electron chi connectivity index (χ4n) is 3.72. The molecule has 154 valence electrons. The molecule has 0 atom stereocenters. The Hall–Kier alpha value is -2.99. The van der Waals surface area contributed by atoms with Crippen LogP contribution in [-0.4, -0.2) is 42.6 Å². The molecule has 1 fully saturated rings. The molecule has 2 amide bonds. The number of carbonyl (C=O) groups excluding carboxylic acids is 2. The summed E-state index contributed by atoms with van der Waals surface area (Å²) in [6.45, 7) is 1.79. The van der Waals surface area contributed by atoms with Gasteiger partial charge in [0, 0.05) is 25.0 Å². The predicted molar refractivity (Wildman–Crippen MR) is 117 cm³/mol. The van der Waals surface area contributed by atoms with Crippen molar-refractivity contribution >= 4 is 40.9 Å². The van der Waals surface area contributed by atoms with E-state index in [0.29, 0.717) is 28.4 Å². The first-order valence-electron chi connectivity index (χ1n) is 9.92. The van der Waals surface area contributed by atoms with Crippen LogP contribution in [0.25, 0.3) is 5.57 Å². The highest BCUT2D eigenvalue weighted by Crippen LogP contribution is 2.26. The van der Waals surface area contributed by atoms with E-state index in [1.54, 1.807) is 35.2 Å². The molecule has 2 aromatic rings. The number of nitrogens with zero attached hydrogens (tertiary/aromatic N) is 2. The number of rotatable bonds is 4. The van der Waals surface area contributed by atoms with Crippen molar-refractivity contribution in [2.75, 3.05) is 25.0 Å². The fraction of sp³-hybridized carbons (Fsp3) is 0.261. The molecule has 0 spiro atoms. The van der Waals surface area contributed by atoms with Crippen LogP contribution < -0.4 is 5.32 Å². The number of anilines is 1. The van der Waals surface area contributed by atoms with Gasteiger partial charge in [-0.05, 0) is 60.7 Å². The van der Waals surface area contributed by atoms with E-state index in [0.717, 1.165) is 43.5 Å². The summed E-state index contributed by atoms with van der Waals surface area (Å²) in [5, 5.41) is 3.19. The maximum atomic E-state index is 13.2. The van der Waals surface area contributed by atoms with E-state index in [2.05, 4.69) is 10.3 Å². The van der Waals surface area contributed by atoms with Gasteiger partial charge in [0.2, 0.25) is 0 Å². The first-order chi connectivity index (χ1) is 14.5. The largest absolute Gasteiger partial charge is 0.339 e. The number of halogens is 2. The molecule has 7 heteroatoms. The van der Waals surface area contributed by atoms with Crippen molar-refractivity contribution in [1.82, 2.24) is 4.90 Å². The van der Waals surface area contributed by atoms with E-state index in [9.17, 15) is 14.0 Å². The maximum absolute atomic E-state index is 13.2. The van der Waals surface area contributed by atoms with E-state index in [1.807, 2.05) is 0 Å². The van der Waals surface area contributed by atoms with E-state index >= 15 is 0 Å². The Balaban J connectivity index is 1.55. The monoisotopic (exact) mass is 425 g/mol. The van der Waals surface area contributed by atoms with Crippen molar-refractivity contribution < 1.29 is 14.0 Å². The van der Waals surface area contributed by atoms with Crippen LogP contribution in [0.15, 0.2) is 53.0 Å². The molecular weight excluding hydrogens is 405 g/mol. The lowest BCUT2D eigenvalue weighted by molar-refractivity contribution is -0.112. The maximum Gasteiger partial charge on any atom is 0.257 e. The number of amides is 2. The van der Waals surface area contributed by atoms with Gasteiger partial charge in [-0.15, -0.1) is 0 Å². The lowest BCUT2D eigenvalue weighted by Gasteiger charge is -2.27.